The van der Waals surface area contributed by atoms with Gasteiger partial charge < -0.3 is 14.7 Å². The number of hydrogen-bond acceptors (Lipinski definition) is 4. The lowest BCUT2D eigenvalue weighted by molar-refractivity contribution is -0.118. The van der Waals surface area contributed by atoms with Crippen molar-refractivity contribution in [1.29, 1.82) is 0 Å². The van der Waals surface area contributed by atoms with Gasteiger partial charge in [-0.05, 0) is 25.1 Å². The number of aliphatic hydroxyl groups is 1. The largest absolute Gasteiger partial charge is 0.491 e. The summed E-state index contributed by atoms with van der Waals surface area (Å²) in [5, 5.41) is 9.03. The molecule has 0 atom stereocenters. The van der Waals surface area contributed by atoms with Crippen LogP contribution in [0.4, 0.5) is 5.69 Å². The molecule has 0 fully saturated rings. The molecule has 1 aromatic carbocycles. The minimum absolute atomic E-state index is 0.0709. The zero-order chi connectivity index (χ0) is 13.1. The van der Waals surface area contributed by atoms with Crippen molar-refractivity contribution in [3.8, 4) is 5.75 Å². The summed E-state index contributed by atoms with van der Waals surface area (Å²) in [6.45, 7) is 1.86. The lowest BCUT2D eigenvalue weighted by Crippen LogP contribution is -2.32. The number of hydrogen-bond donors (Lipinski definition) is 1. The molecule has 18 heavy (non-hydrogen) atoms. The molecule has 0 radical (unpaired) electrons. The van der Waals surface area contributed by atoms with Gasteiger partial charge in [-0.2, -0.15) is 0 Å². The molecule has 96 valence electrons. The van der Waals surface area contributed by atoms with E-state index in [9.17, 15) is 9.59 Å². The van der Waals surface area contributed by atoms with Crippen LogP contribution in [0.25, 0.3) is 0 Å². The number of anilines is 1. The van der Waals surface area contributed by atoms with E-state index in [2.05, 4.69) is 0 Å². The average Bonchev–Trinajstić information content (AvgIpc) is 2.50. The molecule has 2 rings (SSSR count). The summed E-state index contributed by atoms with van der Waals surface area (Å²) in [5.74, 6) is 0.390. The highest BCUT2D eigenvalue weighted by atomic mass is 16.5. The number of ketones is 1. The van der Waals surface area contributed by atoms with Crippen LogP contribution in [0.2, 0.25) is 0 Å². The second-order valence-corrected chi connectivity index (χ2v) is 4.11. The molecule has 0 saturated heterocycles. The molecule has 0 bridgehead atoms. The SMILES string of the molecule is CC(=O)c1ccc2c(c1)N(CCO)C(=O)CCO2. The summed E-state index contributed by atoms with van der Waals surface area (Å²) in [6.07, 6.45) is 0.268. The fraction of sp³-hybridized carbons (Fsp3) is 0.385. The quantitative estimate of drug-likeness (QED) is 0.811. The number of Topliss-reactive ketones (excluding diaryl/α,β-unsaturated/α-hetero) is 1. The van der Waals surface area contributed by atoms with Gasteiger partial charge in [-0.25, -0.2) is 0 Å². The van der Waals surface area contributed by atoms with Crippen LogP contribution in [0.5, 0.6) is 5.75 Å². The van der Waals surface area contributed by atoms with Crippen LogP contribution >= 0.6 is 0 Å². The highest BCUT2D eigenvalue weighted by Crippen LogP contribution is 2.32. The Morgan fingerprint density at radius 1 is 1.50 bits per heavy atom. The van der Waals surface area contributed by atoms with E-state index in [1.54, 1.807) is 18.2 Å². The maximum Gasteiger partial charge on any atom is 0.230 e. The first-order chi connectivity index (χ1) is 8.63. The van der Waals surface area contributed by atoms with E-state index in [4.69, 9.17) is 9.84 Å². The van der Waals surface area contributed by atoms with Crippen molar-refractivity contribution in [3.05, 3.63) is 23.8 Å². The third-order valence-electron chi connectivity index (χ3n) is 2.85. The van der Waals surface area contributed by atoms with Gasteiger partial charge in [0.25, 0.3) is 0 Å². The number of β-amino-alcohol motifs (C(OH)–C–C–N with tert-alkyl or cyclic N) is 1. The number of carbonyl (C=O) groups excluding carboxylic acids is 2. The lowest BCUT2D eigenvalue weighted by atomic mass is 10.1. The number of nitrogens with zero attached hydrogens (tertiary/aromatic N) is 1. The standard InChI is InChI=1S/C13H15NO4/c1-9(16)10-2-3-12-11(8-10)14(5-6-15)13(17)4-7-18-12/h2-3,8,15H,4-7H2,1H3. The van der Waals surface area contributed by atoms with Gasteiger partial charge in [0.05, 0.1) is 25.3 Å². The summed E-state index contributed by atoms with van der Waals surface area (Å²) in [4.78, 5) is 24.7. The van der Waals surface area contributed by atoms with E-state index in [0.29, 0.717) is 23.6 Å². The summed E-state index contributed by atoms with van der Waals surface area (Å²) in [7, 11) is 0. The van der Waals surface area contributed by atoms with E-state index in [1.807, 2.05) is 0 Å². The Bertz CT molecular complexity index is 484. The molecule has 1 heterocycles. The third kappa shape index (κ3) is 2.36. The van der Waals surface area contributed by atoms with Crippen molar-refractivity contribution in [3.63, 3.8) is 0 Å². The van der Waals surface area contributed by atoms with Gasteiger partial charge in [0, 0.05) is 12.1 Å². The Morgan fingerprint density at radius 2 is 2.28 bits per heavy atom. The van der Waals surface area contributed by atoms with Crippen LogP contribution in [-0.2, 0) is 4.79 Å². The predicted octanol–water partition coefficient (Wildman–Crippen LogP) is 0.997. The van der Waals surface area contributed by atoms with Gasteiger partial charge in [0.1, 0.15) is 5.75 Å². The van der Waals surface area contributed by atoms with Crippen molar-refractivity contribution >= 4 is 17.4 Å². The summed E-state index contributed by atoms with van der Waals surface area (Å²) in [5.41, 5.74) is 1.08. The maximum absolute atomic E-state index is 11.9. The Labute approximate surface area is 105 Å². The monoisotopic (exact) mass is 249 g/mol. The normalized spacial score (nSPS) is 14.8. The summed E-state index contributed by atoms with van der Waals surface area (Å²) >= 11 is 0. The second-order valence-electron chi connectivity index (χ2n) is 4.11. The van der Waals surface area contributed by atoms with Crippen LogP contribution in [0, 0.1) is 0 Å². The van der Waals surface area contributed by atoms with Crippen molar-refractivity contribution < 1.29 is 19.4 Å². The highest BCUT2D eigenvalue weighted by molar-refractivity contribution is 5.99. The molecule has 5 heteroatoms. The zero-order valence-electron chi connectivity index (χ0n) is 10.2. The van der Waals surface area contributed by atoms with Gasteiger partial charge in [-0.3, -0.25) is 9.59 Å². The number of carbonyl (C=O) groups is 2. The maximum atomic E-state index is 11.9. The van der Waals surface area contributed by atoms with Crippen LogP contribution in [-0.4, -0.2) is 36.6 Å². The Hall–Kier alpha value is -1.88. The molecular formula is C13H15NO4. The lowest BCUT2D eigenvalue weighted by Gasteiger charge is -2.21. The van der Waals surface area contributed by atoms with Crippen molar-refractivity contribution in [2.75, 3.05) is 24.7 Å². The Kier molecular flexibility index (Phi) is 3.62. The van der Waals surface area contributed by atoms with Gasteiger partial charge in [-0.15, -0.1) is 0 Å². The van der Waals surface area contributed by atoms with Crippen molar-refractivity contribution in [2.45, 2.75) is 13.3 Å². The molecule has 1 amide bonds. The van der Waals surface area contributed by atoms with E-state index in [1.165, 1.54) is 11.8 Å². The molecule has 1 aromatic rings. The molecule has 5 nitrogen and oxygen atoms in total. The Balaban J connectivity index is 2.47. The molecule has 1 N–H and O–H groups in total. The number of rotatable bonds is 3. The van der Waals surface area contributed by atoms with Gasteiger partial charge in [0.15, 0.2) is 5.78 Å². The van der Waals surface area contributed by atoms with Gasteiger partial charge >= 0.3 is 0 Å². The first-order valence-electron chi connectivity index (χ1n) is 5.82. The van der Waals surface area contributed by atoms with Crippen LogP contribution in [0.15, 0.2) is 18.2 Å². The topological polar surface area (TPSA) is 66.8 Å². The molecule has 0 saturated carbocycles. The fourth-order valence-electron chi connectivity index (χ4n) is 1.93. The smallest absolute Gasteiger partial charge is 0.230 e. The second kappa shape index (κ2) is 5.18. The Morgan fingerprint density at radius 3 is 2.94 bits per heavy atom. The average molecular weight is 249 g/mol. The predicted molar refractivity (Wildman–Crippen MR) is 66.0 cm³/mol. The molecule has 1 aliphatic rings. The molecule has 0 aliphatic carbocycles. The third-order valence-corrected chi connectivity index (χ3v) is 2.85. The first-order valence-corrected chi connectivity index (χ1v) is 5.82. The number of fused-ring (bicyclic) bond motifs is 1. The number of amides is 1. The number of aliphatic hydroxyl groups excluding tert-OH is 1. The van der Waals surface area contributed by atoms with Crippen LogP contribution in [0.3, 0.4) is 0 Å². The van der Waals surface area contributed by atoms with E-state index in [-0.39, 0.29) is 31.3 Å². The minimum Gasteiger partial charge on any atom is -0.491 e. The van der Waals surface area contributed by atoms with Gasteiger partial charge in [0.2, 0.25) is 5.91 Å². The zero-order valence-corrected chi connectivity index (χ0v) is 10.2. The molecule has 0 aromatic heterocycles. The first kappa shape index (κ1) is 12.6. The van der Waals surface area contributed by atoms with Crippen LogP contribution < -0.4 is 9.64 Å². The van der Waals surface area contributed by atoms with E-state index in [0.717, 1.165) is 0 Å². The molecule has 0 unspecified atom stereocenters. The highest BCUT2D eigenvalue weighted by Gasteiger charge is 2.23. The number of benzene rings is 1. The molecule has 0 spiro atoms. The van der Waals surface area contributed by atoms with E-state index < -0.39 is 0 Å². The van der Waals surface area contributed by atoms with Gasteiger partial charge in [-0.1, -0.05) is 0 Å². The van der Waals surface area contributed by atoms with Crippen LogP contribution in [0.1, 0.15) is 23.7 Å². The minimum atomic E-state index is -0.129. The fourth-order valence-corrected chi connectivity index (χ4v) is 1.93. The molecule has 1 aliphatic heterocycles. The summed E-state index contributed by atoms with van der Waals surface area (Å²) in [6, 6.07) is 5.00. The van der Waals surface area contributed by atoms with E-state index >= 15 is 0 Å². The molecular weight excluding hydrogens is 234 g/mol. The van der Waals surface area contributed by atoms with Crippen molar-refractivity contribution in [1.82, 2.24) is 0 Å². The van der Waals surface area contributed by atoms with Crippen molar-refractivity contribution in [2.24, 2.45) is 0 Å². The summed E-state index contributed by atoms with van der Waals surface area (Å²) < 4.78 is 5.47. The number of ether oxygens (including phenoxy) is 1.